The van der Waals surface area contributed by atoms with Gasteiger partial charge in [-0.1, -0.05) is 46.8 Å². The Labute approximate surface area is 78.2 Å². The summed E-state index contributed by atoms with van der Waals surface area (Å²) >= 11 is 3.44. The molecular weight excluding hydrogens is 200 g/mol. The summed E-state index contributed by atoms with van der Waals surface area (Å²) < 4.78 is 0. The zero-order valence-corrected chi connectivity index (χ0v) is 8.86. The molecular formula is C10H17Br. The molecule has 0 unspecified atom stereocenters. The SMILES string of the molecule is C/C(=C/CBr)C1CCCCC1. The first-order valence-corrected chi connectivity index (χ1v) is 5.69. The Hall–Kier alpha value is 0.220. The molecule has 1 aliphatic carbocycles. The van der Waals surface area contributed by atoms with Crippen molar-refractivity contribution in [2.45, 2.75) is 39.0 Å². The molecule has 0 heterocycles. The van der Waals surface area contributed by atoms with Gasteiger partial charge in [0.05, 0.1) is 0 Å². The van der Waals surface area contributed by atoms with Crippen LogP contribution in [0.15, 0.2) is 11.6 Å². The van der Waals surface area contributed by atoms with Gasteiger partial charge in [0.1, 0.15) is 0 Å². The Morgan fingerprint density at radius 3 is 2.55 bits per heavy atom. The molecule has 1 rings (SSSR count). The van der Waals surface area contributed by atoms with Crippen molar-refractivity contribution in [3.8, 4) is 0 Å². The van der Waals surface area contributed by atoms with Crippen LogP contribution in [0.2, 0.25) is 0 Å². The zero-order valence-electron chi connectivity index (χ0n) is 7.28. The van der Waals surface area contributed by atoms with Gasteiger partial charge in [0.15, 0.2) is 0 Å². The van der Waals surface area contributed by atoms with Crippen molar-refractivity contribution in [1.29, 1.82) is 0 Å². The van der Waals surface area contributed by atoms with Gasteiger partial charge < -0.3 is 0 Å². The van der Waals surface area contributed by atoms with Crippen LogP contribution in [-0.4, -0.2) is 5.33 Å². The predicted octanol–water partition coefficient (Wildman–Crippen LogP) is 3.91. The highest BCUT2D eigenvalue weighted by atomic mass is 79.9. The van der Waals surface area contributed by atoms with Crippen LogP contribution in [-0.2, 0) is 0 Å². The van der Waals surface area contributed by atoms with Crippen molar-refractivity contribution in [3.05, 3.63) is 11.6 Å². The zero-order chi connectivity index (χ0) is 8.10. The molecule has 0 N–H and O–H groups in total. The molecule has 1 saturated carbocycles. The van der Waals surface area contributed by atoms with E-state index in [1.54, 1.807) is 5.57 Å². The standard InChI is InChI=1S/C10H17Br/c1-9(7-8-11)10-5-3-2-4-6-10/h7,10H,2-6,8H2,1H3/b9-7-. The van der Waals surface area contributed by atoms with Gasteiger partial charge >= 0.3 is 0 Å². The van der Waals surface area contributed by atoms with E-state index in [0.29, 0.717) is 0 Å². The van der Waals surface area contributed by atoms with Gasteiger partial charge in [0.2, 0.25) is 0 Å². The van der Waals surface area contributed by atoms with E-state index in [1.807, 2.05) is 0 Å². The Balaban J connectivity index is 2.38. The topological polar surface area (TPSA) is 0 Å². The Morgan fingerprint density at radius 1 is 1.36 bits per heavy atom. The van der Waals surface area contributed by atoms with Gasteiger partial charge in [0.25, 0.3) is 0 Å². The van der Waals surface area contributed by atoms with Crippen LogP contribution in [0.4, 0.5) is 0 Å². The summed E-state index contributed by atoms with van der Waals surface area (Å²) in [6.45, 7) is 2.28. The van der Waals surface area contributed by atoms with Crippen molar-refractivity contribution in [2.75, 3.05) is 5.33 Å². The first-order valence-electron chi connectivity index (χ1n) is 4.57. The summed E-state index contributed by atoms with van der Waals surface area (Å²) in [5.41, 5.74) is 1.60. The largest absolute Gasteiger partial charge is 0.0883 e. The highest BCUT2D eigenvalue weighted by Gasteiger charge is 2.13. The quantitative estimate of drug-likeness (QED) is 0.486. The van der Waals surface area contributed by atoms with Crippen LogP contribution in [0, 0.1) is 5.92 Å². The lowest BCUT2D eigenvalue weighted by Crippen LogP contribution is -2.07. The maximum atomic E-state index is 3.44. The van der Waals surface area contributed by atoms with E-state index >= 15 is 0 Å². The molecule has 0 saturated heterocycles. The van der Waals surface area contributed by atoms with Crippen molar-refractivity contribution in [2.24, 2.45) is 5.92 Å². The van der Waals surface area contributed by atoms with Gasteiger partial charge in [-0.05, 0) is 25.7 Å². The van der Waals surface area contributed by atoms with E-state index in [0.717, 1.165) is 11.2 Å². The molecule has 0 aliphatic heterocycles. The van der Waals surface area contributed by atoms with Crippen LogP contribution in [0.1, 0.15) is 39.0 Å². The number of hydrogen-bond acceptors (Lipinski definition) is 0. The highest BCUT2D eigenvalue weighted by molar-refractivity contribution is 9.09. The third-order valence-electron chi connectivity index (χ3n) is 2.65. The molecule has 1 aliphatic rings. The fourth-order valence-corrected chi connectivity index (χ4v) is 2.36. The van der Waals surface area contributed by atoms with E-state index < -0.39 is 0 Å². The monoisotopic (exact) mass is 216 g/mol. The van der Waals surface area contributed by atoms with Gasteiger partial charge in [0, 0.05) is 5.33 Å². The Kier molecular flexibility index (Phi) is 4.21. The fraction of sp³-hybridized carbons (Fsp3) is 0.800. The average molecular weight is 217 g/mol. The normalized spacial score (nSPS) is 22.2. The van der Waals surface area contributed by atoms with Crippen molar-refractivity contribution in [3.63, 3.8) is 0 Å². The molecule has 0 radical (unpaired) electrons. The third-order valence-corrected chi connectivity index (χ3v) is 2.97. The summed E-state index contributed by atoms with van der Waals surface area (Å²) in [6.07, 6.45) is 9.51. The third kappa shape index (κ3) is 2.98. The second-order valence-electron chi connectivity index (χ2n) is 3.44. The molecule has 0 amide bonds. The van der Waals surface area contributed by atoms with Crippen LogP contribution < -0.4 is 0 Å². The Morgan fingerprint density at radius 2 is 2.00 bits per heavy atom. The molecule has 0 nitrogen and oxygen atoms in total. The molecule has 0 aromatic heterocycles. The molecule has 0 bridgehead atoms. The van der Waals surface area contributed by atoms with Gasteiger partial charge in [-0.2, -0.15) is 0 Å². The van der Waals surface area contributed by atoms with Crippen molar-refractivity contribution < 1.29 is 0 Å². The average Bonchev–Trinajstić information content (AvgIpc) is 2.07. The number of rotatable bonds is 2. The van der Waals surface area contributed by atoms with E-state index in [1.165, 1.54) is 32.1 Å². The minimum atomic E-state index is 0.904. The minimum Gasteiger partial charge on any atom is -0.0883 e. The summed E-state index contributed by atoms with van der Waals surface area (Å²) in [7, 11) is 0. The second-order valence-corrected chi connectivity index (χ2v) is 4.08. The van der Waals surface area contributed by atoms with Crippen molar-refractivity contribution in [1.82, 2.24) is 0 Å². The van der Waals surface area contributed by atoms with E-state index in [-0.39, 0.29) is 0 Å². The number of allylic oxidation sites excluding steroid dienone is 2. The highest BCUT2D eigenvalue weighted by Crippen LogP contribution is 2.29. The molecule has 0 spiro atoms. The van der Waals surface area contributed by atoms with E-state index in [2.05, 4.69) is 28.9 Å². The summed E-state index contributed by atoms with van der Waals surface area (Å²) in [6, 6.07) is 0. The fourth-order valence-electron chi connectivity index (χ4n) is 1.85. The lowest BCUT2D eigenvalue weighted by Gasteiger charge is -2.22. The summed E-state index contributed by atoms with van der Waals surface area (Å²) in [5.74, 6) is 0.904. The number of hydrogen-bond donors (Lipinski definition) is 0. The summed E-state index contributed by atoms with van der Waals surface area (Å²) in [5, 5.41) is 1.02. The lowest BCUT2D eigenvalue weighted by atomic mass is 9.84. The van der Waals surface area contributed by atoms with Crippen LogP contribution >= 0.6 is 15.9 Å². The van der Waals surface area contributed by atoms with Crippen molar-refractivity contribution >= 4 is 15.9 Å². The first kappa shape index (κ1) is 9.31. The molecule has 0 atom stereocenters. The summed E-state index contributed by atoms with van der Waals surface area (Å²) in [4.78, 5) is 0. The van der Waals surface area contributed by atoms with E-state index in [4.69, 9.17) is 0 Å². The maximum Gasteiger partial charge on any atom is 0.0214 e. The molecule has 64 valence electrons. The second kappa shape index (κ2) is 4.97. The van der Waals surface area contributed by atoms with Gasteiger partial charge in [-0.3, -0.25) is 0 Å². The molecule has 0 aromatic carbocycles. The molecule has 11 heavy (non-hydrogen) atoms. The van der Waals surface area contributed by atoms with Crippen LogP contribution in [0.5, 0.6) is 0 Å². The van der Waals surface area contributed by atoms with E-state index in [9.17, 15) is 0 Å². The van der Waals surface area contributed by atoms with Crippen LogP contribution in [0.25, 0.3) is 0 Å². The smallest absolute Gasteiger partial charge is 0.0214 e. The molecule has 1 heteroatoms. The molecule has 1 fully saturated rings. The van der Waals surface area contributed by atoms with Gasteiger partial charge in [-0.25, -0.2) is 0 Å². The lowest BCUT2D eigenvalue weighted by molar-refractivity contribution is 0.402. The number of alkyl halides is 1. The molecule has 0 aromatic rings. The predicted molar refractivity (Wildman–Crippen MR) is 54.1 cm³/mol. The minimum absolute atomic E-state index is 0.904. The van der Waals surface area contributed by atoms with Crippen LogP contribution in [0.3, 0.4) is 0 Å². The Bertz CT molecular complexity index is 132. The maximum absolute atomic E-state index is 3.44. The first-order chi connectivity index (χ1) is 5.34. The number of halogens is 1. The van der Waals surface area contributed by atoms with Gasteiger partial charge in [-0.15, -0.1) is 0 Å².